The number of ether oxygens (including phenoxy) is 2. The number of hydrogen-bond acceptors (Lipinski definition) is 17. The second-order valence-electron chi connectivity index (χ2n) is 17.0. The minimum Gasteiger partial charge on any atom is -0.756 e. The standard InChI is InChI=1S/C46H83O19P3.3H3N/c1-3-5-7-9-11-13-15-17-19-20-21-23-25-27-29-31-33-35-40(48)62-38(36-60-39(47)34-32-30-28-26-24-22-18-16-14-12-10-8-6-4-2)37-61-68(58,59)65-46-42(50)44(63-66(52,53)54)41(49)45(43(46)51)64-67(55,56)57;;;/h11,13,17,19,21,23,27,29,38,41-46,49-51H,3-10,12,14-16,18,20,22,24-26,28,30-37H2,1-2H3,(H,58,59)(H2,52,53,54)(H2,55,56,57);3*1H3/b13-11-,19-17-,23-21-,29-27-;;;/t38-,41?,42?,43?,44-,45?,46?;;;/m1.../s1. The Bertz CT molecular complexity index is 1590. The molecule has 0 amide bonds. The van der Waals surface area contributed by atoms with E-state index in [0.29, 0.717) is 25.7 Å². The van der Waals surface area contributed by atoms with E-state index in [0.717, 1.165) is 44.9 Å². The summed E-state index contributed by atoms with van der Waals surface area (Å²) in [6.07, 6.45) is 23.1. The fraction of sp³-hybridized carbons (Fsp3) is 0.783. The minimum absolute atomic E-state index is 0. The molecule has 1 aliphatic carbocycles. The lowest BCUT2D eigenvalue weighted by Gasteiger charge is -2.47. The Hall–Kier alpha value is -2.01. The number of unbranched alkanes of at least 4 members (excludes halogenated alkanes) is 17. The molecule has 0 aromatic rings. The van der Waals surface area contributed by atoms with Gasteiger partial charge in [-0.1, -0.05) is 159 Å². The van der Waals surface area contributed by atoms with E-state index in [-0.39, 0.29) is 31.3 Å². The van der Waals surface area contributed by atoms with Crippen molar-refractivity contribution in [2.24, 2.45) is 0 Å². The van der Waals surface area contributed by atoms with E-state index in [1.807, 2.05) is 18.2 Å². The highest BCUT2D eigenvalue weighted by Gasteiger charge is 2.54. The monoisotopic (exact) mass is 1080 g/mol. The van der Waals surface area contributed by atoms with Crippen LogP contribution in [0.1, 0.15) is 174 Å². The molecule has 17 N–H and O–H groups in total. The van der Waals surface area contributed by atoms with E-state index in [2.05, 4.69) is 53.3 Å². The fourth-order valence-electron chi connectivity index (χ4n) is 7.21. The van der Waals surface area contributed by atoms with Crippen LogP contribution in [-0.4, -0.2) is 93.0 Å². The molecule has 0 aromatic carbocycles. The van der Waals surface area contributed by atoms with E-state index in [1.54, 1.807) is 0 Å². The number of phosphoric ester groups is 3. The van der Waals surface area contributed by atoms with Gasteiger partial charge in [-0.15, -0.1) is 0 Å². The fourth-order valence-corrected chi connectivity index (χ4v) is 9.28. The summed E-state index contributed by atoms with van der Waals surface area (Å²) in [6.45, 7) is 2.72. The van der Waals surface area contributed by atoms with Crippen LogP contribution in [0, 0.1) is 0 Å². The summed E-state index contributed by atoms with van der Waals surface area (Å²) in [7, 11) is -17.5. The zero-order chi connectivity index (χ0) is 50.7. The van der Waals surface area contributed by atoms with Gasteiger partial charge in [-0.05, 0) is 51.4 Å². The smallest absolute Gasteiger partial charge is 0.306 e. The van der Waals surface area contributed by atoms with E-state index >= 15 is 0 Å². The molecule has 22 nitrogen and oxygen atoms in total. The van der Waals surface area contributed by atoms with Crippen LogP contribution in [0.25, 0.3) is 0 Å². The van der Waals surface area contributed by atoms with Gasteiger partial charge in [0.1, 0.15) is 43.2 Å². The SMILES string of the molecule is CCCCC/C=C\C/C=C\C/C=C\C/C=C\CCCC(=O)O[C@H](COC(=O)CCCCCCCCCCCCCCCC)COP(=O)([O-])OC1C(O)C(OP(=O)([O-])O)C(O)[C@@H](OP(=O)([O-])O)C1O.[NH4+].[NH4+].[NH4+]. The first-order chi connectivity index (χ1) is 32.3. The Morgan fingerprint density at radius 1 is 0.493 bits per heavy atom. The molecule has 10 atom stereocenters. The van der Waals surface area contributed by atoms with Gasteiger partial charge in [0, 0.05) is 12.8 Å². The Kier molecular flexibility index (Phi) is 44.6. The molecule has 8 unspecified atom stereocenters. The van der Waals surface area contributed by atoms with Crippen LogP contribution in [0.15, 0.2) is 48.6 Å². The van der Waals surface area contributed by atoms with Gasteiger partial charge in [-0.3, -0.25) is 23.3 Å². The molecule has 0 saturated heterocycles. The molecule has 0 spiro atoms. The highest BCUT2D eigenvalue weighted by Crippen LogP contribution is 2.47. The van der Waals surface area contributed by atoms with E-state index < -0.39 is 91.3 Å². The van der Waals surface area contributed by atoms with Crippen molar-refractivity contribution in [1.29, 1.82) is 0 Å². The van der Waals surface area contributed by atoms with Crippen LogP contribution in [0.3, 0.4) is 0 Å². The molecule has 0 radical (unpaired) electrons. The molecule has 1 aliphatic rings. The second kappa shape index (κ2) is 43.3. The number of allylic oxidation sites excluding steroid dienone is 8. The van der Waals surface area contributed by atoms with Crippen molar-refractivity contribution in [3.8, 4) is 0 Å². The number of aliphatic hydroxyl groups excluding tert-OH is 3. The lowest BCUT2D eigenvalue weighted by Crippen LogP contribution is -2.65. The molecule has 25 heteroatoms. The summed E-state index contributed by atoms with van der Waals surface area (Å²) >= 11 is 0. The van der Waals surface area contributed by atoms with E-state index in [1.165, 1.54) is 77.0 Å². The number of carbonyl (C=O) groups excluding carboxylic acids is 2. The van der Waals surface area contributed by atoms with Crippen molar-refractivity contribution in [2.45, 2.75) is 217 Å². The number of carbonyl (C=O) groups is 2. The lowest BCUT2D eigenvalue weighted by atomic mass is 9.85. The van der Waals surface area contributed by atoms with Crippen LogP contribution < -0.4 is 33.1 Å². The third-order valence-electron chi connectivity index (χ3n) is 10.9. The van der Waals surface area contributed by atoms with Crippen LogP contribution in [0.5, 0.6) is 0 Å². The molecular weight excluding hydrogens is 991 g/mol. The summed E-state index contributed by atoms with van der Waals surface area (Å²) < 4.78 is 64.4. The van der Waals surface area contributed by atoms with Crippen molar-refractivity contribution in [3.05, 3.63) is 48.6 Å². The van der Waals surface area contributed by atoms with Crippen molar-refractivity contribution < 1.29 is 90.6 Å². The predicted octanol–water partition coefficient (Wildman–Crippen LogP) is 8.25. The van der Waals surface area contributed by atoms with Crippen LogP contribution in [0.4, 0.5) is 0 Å². The second-order valence-corrected chi connectivity index (χ2v) is 20.6. The maximum Gasteiger partial charge on any atom is 0.306 e. The van der Waals surface area contributed by atoms with Gasteiger partial charge in [0.25, 0.3) is 23.5 Å². The first-order valence-corrected chi connectivity index (χ1v) is 28.8. The molecule has 0 bridgehead atoms. The number of rotatable bonds is 41. The van der Waals surface area contributed by atoms with Gasteiger partial charge in [0.2, 0.25) is 0 Å². The largest absolute Gasteiger partial charge is 0.756 e. The highest BCUT2D eigenvalue weighted by molar-refractivity contribution is 7.46. The average Bonchev–Trinajstić information content (AvgIpc) is 3.27. The Labute approximate surface area is 422 Å². The molecule has 0 aliphatic heterocycles. The predicted molar refractivity (Wildman–Crippen MR) is 268 cm³/mol. The van der Waals surface area contributed by atoms with Crippen molar-refractivity contribution >= 4 is 35.4 Å². The summed E-state index contributed by atoms with van der Waals surface area (Å²) in [5.41, 5.74) is 0. The molecule has 1 fully saturated rings. The maximum absolute atomic E-state index is 13.0. The summed E-state index contributed by atoms with van der Waals surface area (Å²) in [4.78, 5) is 79.6. The zero-order valence-electron chi connectivity index (χ0n) is 43.0. The van der Waals surface area contributed by atoms with Gasteiger partial charge in [-0.25, -0.2) is 0 Å². The molecule has 71 heavy (non-hydrogen) atoms. The Morgan fingerprint density at radius 2 is 0.845 bits per heavy atom. The number of phosphoric acid groups is 3. The Balaban J connectivity index is -0.0000154. The zero-order valence-corrected chi connectivity index (χ0v) is 45.7. The number of quaternary nitrogens is 3. The van der Waals surface area contributed by atoms with E-state index in [9.17, 15) is 53.3 Å². The quantitative estimate of drug-likeness (QED) is 0.0124. The molecule has 0 heterocycles. The van der Waals surface area contributed by atoms with Gasteiger partial charge in [0.15, 0.2) is 6.10 Å². The topological polar surface area (TPSA) is 421 Å². The molecule has 1 saturated carbocycles. The lowest BCUT2D eigenvalue weighted by molar-refractivity contribution is -0.278. The maximum atomic E-state index is 13.0. The Morgan fingerprint density at radius 3 is 1.27 bits per heavy atom. The third kappa shape index (κ3) is 39.1. The van der Waals surface area contributed by atoms with Crippen LogP contribution >= 0.6 is 23.5 Å². The van der Waals surface area contributed by atoms with Gasteiger partial charge in [0.05, 0.1) is 6.61 Å². The van der Waals surface area contributed by atoms with Gasteiger partial charge >= 0.3 is 11.9 Å². The number of esters is 2. The molecule has 1 rings (SSSR count). The molecule has 0 aromatic heterocycles. The van der Waals surface area contributed by atoms with E-state index in [4.69, 9.17) is 28.3 Å². The summed E-state index contributed by atoms with van der Waals surface area (Å²) in [5, 5.41) is 31.7. The normalized spacial score (nSPS) is 22.3. The molecule has 420 valence electrons. The van der Waals surface area contributed by atoms with Crippen LogP contribution in [0.2, 0.25) is 0 Å². The van der Waals surface area contributed by atoms with Crippen molar-refractivity contribution in [3.63, 3.8) is 0 Å². The first kappa shape index (κ1) is 73.2. The third-order valence-corrected chi connectivity index (χ3v) is 12.9. The average molecular weight is 1080 g/mol. The summed E-state index contributed by atoms with van der Waals surface area (Å²) in [6, 6.07) is 0. The minimum atomic E-state index is -5.84. The van der Waals surface area contributed by atoms with Crippen LogP contribution in [-0.2, 0) is 50.9 Å². The van der Waals surface area contributed by atoms with Gasteiger partial charge < -0.3 is 85.8 Å². The summed E-state index contributed by atoms with van der Waals surface area (Å²) in [5.74, 6) is -1.43. The van der Waals surface area contributed by atoms with Crippen molar-refractivity contribution in [2.75, 3.05) is 13.2 Å². The number of hydrogen-bond donors (Lipinski definition) is 8. The highest BCUT2D eigenvalue weighted by atomic mass is 31.2. The first-order valence-electron chi connectivity index (χ1n) is 24.4. The van der Waals surface area contributed by atoms with Crippen molar-refractivity contribution in [1.82, 2.24) is 18.5 Å². The number of aliphatic hydroxyl groups is 3. The van der Waals surface area contributed by atoms with Gasteiger partial charge in [-0.2, -0.15) is 0 Å². The molecular formula is C46H92N3O19P3.